The lowest BCUT2D eigenvalue weighted by Crippen LogP contribution is -2.13. The van der Waals surface area contributed by atoms with E-state index in [-0.39, 0.29) is 11.5 Å². The molecule has 0 aromatic heterocycles. The zero-order chi connectivity index (χ0) is 15.3. The lowest BCUT2D eigenvalue weighted by Gasteiger charge is -2.09. The Labute approximate surface area is 128 Å². The summed E-state index contributed by atoms with van der Waals surface area (Å²) in [4.78, 5) is 0.0761. The van der Waals surface area contributed by atoms with Gasteiger partial charge in [0.2, 0.25) is 0 Å². The summed E-state index contributed by atoms with van der Waals surface area (Å²) >= 11 is 5.94. The van der Waals surface area contributed by atoms with Crippen LogP contribution in [0.2, 0.25) is 5.02 Å². The highest BCUT2D eigenvalue weighted by Crippen LogP contribution is 2.24. The highest BCUT2D eigenvalue weighted by Gasteiger charge is 2.15. The fraction of sp³-hybridized carbons (Fsp3) is 0.0667. The van der Waals surface area contributed by atoms with Gasteiger partial charge in [-0.15, -0.1) is 0 Å². The van der Waals surface area contributed by atoms with Gasteiger partial charge in [0.15, 0.2) is 0 Å². The molecule has 2 aromatic carbocycles. The Morgan fingerprint density at radius 2 is 1.90 bits per heavy atom. The molecule has 2 N–H and O–H groups in total. The summed E-state index contributed by atoms with van der Waals surface area (Å²) in [7, 11) is -3.75. The van der Waals surface area contributed by atoms with Crippen molar-refractivity contribution in [2.75, 3.05) is 11.3 Å². The molecule has 0 aliphatic carbocycles. The minimum Gasteiger partial charge on any atom is -0.384 e. The van der Waals surface area contributed by atoms with E-state index in [1.165, 1.54) is 12.1 Å². The molecule has 0 atom stereocenters. The van der Waals surface area contributed by atoms with Crippen molar-refractivity contribution < 1.29 is 13.5 Å². The van der Waals surface area contributed by atoms with E-state index in [0.29, 0.717) is 16.3 Å². The average molecular weight is 322 g/mol. The Balaban J connectivity index is 2.34. The van der Waals surface area contributed by atoms with Gasteiger partial charge in [-0.1, -0.05) is 41.6 Å². The van der Waals surface area contributed by atoms with Crippen LogP contribution >= 0.6 is 11.6 Å². The molecule has 21 heavy (non-hydrogen) atoms. The molecule has 2 aromatic rings. The number of hydrogen-bond acceptors (Lipinski definition) is 3. The largest absolute Gasteiger partial charge is 0.384 e. The standard InChI is InChI=1S/C15H12ClNO3S/c16-14-8-1-2-9-15(14)17-21(19,20)13-7-3-5-12(11-13)6-4-10-18/h1-3,5,7-9,11,17-18H,10H2. The number of aliphatic hydroxyl groups excluding tert-OH is 1. The van der Waals surface area contributed by atoms with E-state index in [4.69, 9.17) is 16.7 Å². The molecule has 2 rings (SSSR count). The molecule has 0 bridgehead atoms. The Bertz CT molecular complexity index is 807. The molecular weight excluding hydrogens is 310 g/mol. The summed E-state index contributed by atoms with van der Waals surface area (Å²) in [5, 5.41) is 8.98. The van der Waals surface area contributed by atoms with Gasteiger partial charge in [0, 0.05) is 5.56 Å². The van der Waals surface area contributed by atoms with Crippen molar-refractivity contribution in [3.63, 3.8) is 0 Å². The number of benzene rings is 2. The fourth-order valence-electron chi connectivity index (χ4n) is 1.63. The first kappa shape index (κ1) is 15.4. The van der Waals surface area contributed by atoms with E-state index >= 15 is 0 Å². The van der Waals surface area contributed by atoms with Crippen LogP contribution in [0.25, 0.3) is 0 Å². The molecule has 0 saturated heterocycles. The maximum Gasteiger partial charge on any atom is 0.261 e. The van der Waals surface area contributed by atoms with E-state index in [9.17, 15) is 8.42 Å². The third kappa shape index (κ3) is 3.99. The van der Waals surface area contributed by atoms with Crippen LogP contribution in [0.4, 0.5) is 5.69 Å². The smallest absolute Gasteiger partial charge is 0.261 e. The first-order chi connectivity index (χ1) is 10.0. The van der Waals surface area contributed by atoms with Gasteiger partial charge in [0.1, 0.15) is 6.61 Å². The third-order valence-electron chi connectivity index (χ3n) is 2.57. The normalized spacial score (nSPS) is 10.6. The van der Waals surface area contributed by atoms with Crippen molar-refractivity contribution in [2.45, 2.75) is 4.90 Å². The molecule has 0 aliphatic heterocycles. The number of halogens is 1. The molecule has 0 fully saturated rings. The monoisotopic (exact) mass is 321 g/mol. The van der Waals surface area contributed by atoms with Crippen LogP contribution in [-0.2, 0) is 10.0 Å². The number of aliphatic hydroxyl groups is 1. The van der Waals surface area contributed by atoms with Gasteiger partial charge >= 0.3 is 0 Å². The second-order valence-electron chi connectivity index (χ2n) is 4.07. The zero-order valence-corrected chi connectivity index (χ0v) is 12.4. The lowest BCUT2D eigenvalue weighted by molar-refractivity contribution is 0.350. The highest BCUT2D eigenvalue weighted by atomic mass is 35.5. The molecule has 0 amide bonds. The zero-order valence-electron chi connectivity index (χ0n) is 10.9. The Hall–Kier alpha value is -2.00. The minimum atomic E-state index is -3.75. The first-order valence-electron chi connectivity index (χ1n) is 6.00. The molecule has 6 heteroatoms. The number of nitrogens with one attached hydrogen (secondary N) is 1. The third-order valence-corrected chi connectivity index (χ3v) is 4.27. The average Bonchev–Trinajstić information content (AvgIpc) is 2.48. The van der Waals surface area contributed by atoms with Crippen molar-refractivity contribution >= 4 is 27.3 Å². The first-order valence-corrected chi connectivity index (χ1v) is 7.86. The van der Waals surface area contributed by atoms with Gasteiger partial charge in [0.25, 0.3) is 10.0 Å². The van der Waals surface area contributed by atoms with Gasteiger partial charge in [-0.25, -0.2) is 8.42 Å². The highest BCUT2D eigenvalue weighted by molar-refractivity contribution is 7.92. The number of sulfonamides is 1. The van der Waals surface area contributed by atoms with Crippen LogP contribution in [-0.4, -0.2) is 20.1 Å². The predicted octanol–water partition coefficient (Wildman–Crippen LogP) is 2.48. The second kappa shape index (κ2) is 6.64. The summed E-state index contributed by atoms with van der Waals surface area (Å²) < 4.78 is 27.1. The summed E-state index contributed by atoms with van der Waals surface area (Å²) in [6, 6.07) is 12.7. The SMILES string of the molecule is O=S(=O)(Nc1ccccc1Cl)c1cccc(C#CCO)c1. The summed E-state index contributed by atoms with van der Waals surface area (Å²) in [5.74, 6) is 5.14. The van der Waals surface area contributed by atoms with Crippen molar-refractivity contribution in [3.8, 4) is 11.8 Å². The van der Waals surface area contributed by atoms with Crippen LogP contribution < -0.4 is 4.72 Å². The summed E-state index contributed by atoms with van der Waals surface area (Å²) in [6.45, 7) is -0.283. The van der Waals surface area contributed by atoms with Gasteiger partial charge < -0.3 is 5.11 Å². The van der Waals surface area contributed by atoms with Gasteiger partial charge in [-0.05, 0) is 30.3 Å². The van der Waals surface area contributed by atoms with Crippen molar-refractivity contribution in [1.29, 1.82) is 0 Å². The van der Waals surface area contributed by atoms with Crippen molar-refractivity contribution in [1.82, 2.24) is 0 Å². The number of para-hydroxylation sites is 1. The van der Waals surface area contributed by atoms with Crippen LogP contribution in [0.3, 0.4) is 0 Å². The minimum absolute atomic E-state index is 0.0761. The molecule has 0 heterocycles. The number of hydrogen-bond donors (Lipinski definition) is 2. The van der Waals surface area contributed by atoms with E-state index in [1.807, 2.05) is 0 Å². The van der Waals surface area contributed by atoms with Crippen LogP contribution in [0.15, 0.2) is 53.4 Å². The maximum atomic E-state index is 12.3. The Morgan fingerprint density at radius 1 is 1.14 bits per heavy atom. The maximum absolute atomic E-state index is 12.3. The van der Waals surface area contributed by atoms with Crippen LogP contribution in [0, 0.1) is 11.8 Å². The second-order valence-corrected chi connectivity index (χ2v) is 6.16. The molecule has 0 unspecified atom stereocenters. The molecule has 4 nitrogen and oxygen atoms in total. The molecule has 0 aliphatic rings. The van der Waals surface area contributed by atoms with E-state index in [2.05, 4.69) is 16.6 Å². The topological polar surface area (TPSA) is 66.4 Å². The molecule has 108 valence electrons. The number of rotatable bonds is 3. The molecular formula is C15H12ClNO3S. The van der Waals surface area contributed by atoms with E-state index in [1.54, 1.807) is 36.4 Å². The Morgan fingerprint density at radius 3 is 2.62 bits per heavy atom. The van der Waals surface area contributed by atoms with Crippen molar-refractivity contribution in [2.24, 2.45) is 0 Å². The quantitative estimate of drug-likeness (QED) is 0.854. The summed E-state index contributed by atoms with van der Waals surface area (Å²) in [5.41, 5.74) is 0.817. The lowest BCUT2D eigenvalue weighted by atomic mass is 10.2. The van der Waals surface area contributed by atoms with Crippen LogP contribution in [0.1, 0.15) is 5.56 Å². The molecule has 0 radical (unpaired) electrons. The van der Waals surface area contributed by atoms with Crippen LogP contribution in [0.5, 0.6) is 0 Å². The van der Waals surface area contributed by atoms with Crippen molar-refractivity contribution in [3.05, 3.63) is 59.1 Å². The Kier molecular flexibility index (Phi) is 4.86. The fourth-order valence-corrected chi connectivity index (χ4v) is 2.99. The van der Waals surface area contributed by atoms with Gasteiger partial charge in [-0.3, -0.25) is 4.72 Å². The van der Waals surface area contributed by atoms with Gasteiger partial charge in [-0.2, -0.15) is 0 Å². The molecule has 0 saturated carbocycles. The van der Waals surface area contributed by atoms with E-state index < -0.39 is 10.0 Å². The predicted molar refractivity (Wildman–Crippen MR) is 82.7 cm³/mol. The number of anilines is 1. The van der Waals surface area contributed by atoms with Gasteiger partial charge in [0.05, 0.1) is 15.6 Å². The van der Waals surface area contributed by atoms with E-state index in [0.717, 1.165) is 0 Å². The summed E-state index contributed by atoms with van der Waals surface area (Å²) in [6.07, 6.45) is 0. The molecule has 0 spiro atoms.